The van der Waals surface area contributed by atoms with Crippen LogP contribution >= 0.6 is 0 Å². The molecule has 0 saturated carbocycles. The highest BCUT2D eigenvalue weighted by molar-refractivity contribution is 6.75. The van der Waals surface area contributed by atoms with Gasteiger partial charge in [0.15, 0.2) is 0 Å². The zero-order valence-corrected chi connectivity index (χ0v) is 22.6. The van der Waals surface area contributed by atoms with E-state index in [9.17, 15) is 0 Å². The van der Waals surface area contributed by atoms with Gasteiger partial charge >= 0.3 is 0 Å². The van der Waals surface area contributed by atoms with Gasteiger partial charge in [-0.25, -0.2) is 0 Å². The molecule has 1 aliphatic heterocycles. The second kappa shape index (κ2) is 14.4. The van der Waals surface area contributed by atoms with Crippen molar-refractivity contribution in [3.8, 4) is 0 Å². The van der Waals surface area contributed by atoms with Gasteiger partial charge < -0.3 is 9.13 Å². The summed E-state index contributed by atoms with van der Waals surface area (Å²) in [6.45, 7) is 20.6. The Hall–Kier alpha value is 0.354. The van der Waals surface area contributed by atoms with Crippen LogP contribution in [0.5, 0.6) is 0 Å². The first kappa shape index (κ1) is 26.4. The molecule has 0 amide bonds. The SMILES string of the molecule is CCCCCCCC[Si](C)(C)N1CCN([Si](C)(C)CCCCCCCC)CC1. The molecule has 0 aromatic carbocycles. The van der Waals surface area contributed by atoms with Crippen molar-refractivity contribution in [1.29, 1.82) is 0 Å². The number of nitrogens with zero attached hydrogens (tertiary/aromatic N) is 2. The topological polar surface area (TPSA) is 6.48 Å². The minimum atomic E-state index is -1.18. The molecule has 2 nitrogen and oxygen atoms in total. The van der Waals surface area contributed by atoms with E-state index in [1.165, 1.54) is 115 Å². The second-order valence-electron chi connectivity index (χ2n) is 10.6. The molecular weight excluding hydrogens is 372 g/mol. The molecule has 1 saturated heterocycles. The Morgan fingerprint density at radius 1 is 0.464 bits per heavy atom. The summed E-state index contributed by atoms with van der Waals surface area (Å²) in [6, 6.07) is 3.02. The number of hydrogen-bond donors (Lipinski definition) is 0. The molecule has 0 aliphatic carbocycles. The highest BCUT2D eigenvalue weighted by atomic mass is 28.3. The summed E-state index contributed by atoms with van der Waals surface area (Å²) in [5.41, 5.74) is 0. The summed E-state index contributed by atoms with van der Waals surface area (Å²) in [4.78, 5) is 0. The van der Waals surface area contributed by atoms with Gasteiger partial charge in [-0.15, -0.1) is 0 Å². The third-order valence-electron chi connectivity index (χ3n) is 7.28. The van der Waals surface area contributed by atoms with E-state index < -0.39 is 16.5 Å². The third-order valence-corrected chi connectivity index (χ3v) is 14.7. The Balaban J connectivity index is 2.26. The van der Waals surface area contributed by atoms with Gasteiger partial charge in [0.25, 0.3) is 0 Å². The maximum absolute atomic E-state index is 2.94. The number of hydrogen-bond acceptors (Lipinski definition) is 2. The molecule has 4 heteroatoms. The van der Waals surface area contributed by atoms with Gasteiger partial charge in [0, 0.05) is 26.2 Å². The molecule has 1 heterocycles. The first-order valence-electron chi connectivity index (χ1n) is 12.8. The molecule has 1 aliphatic rings. The van der Waals surface area contributed by atoms with Gasteiger partial charge in [-0.1, -0.05) is 117 Å². The second-order valence-corrected chi connectivity index (χ2v) is 20.1. The zero-order valence-electron chi connectivity index (χ0n) is 20.6. The van der Waals surface area contributed by atoms with Crippen LogP contribution in [0.2, 0.25) is 38.3 Å². The molecule has 0 N–H and O–H groups in total. The fraction of sp³-hybridized carbons (Fsp3) is 1.00. The monoisotopic (exact) mass is 426 g/mol. The van der Waals surface area contributed by atoms with E-state index in [1.54, 1.807) is 0 Å². The van der Waals surface area contributed by atoms with E-state index >= 15 is 0 Å². The maximum Gasteiger partial charge on any atom is 0.122 e. The Kier molecular flexibility index (Phi) is 13.5. The van der Waals surface area contributed by atoms with Gasteiger partial charge in [0.1, 0.15) is 16.5 Å². The number of unbranched alkanes of at least 4 members (excludes halogenated alkanes) is 10. The van der Waals surface area contributed by atoms with Crippen molar-refractivity contribution in [2.24, 2.45) is 0 Å². The predicted molar refractivity (Wildman–Crippen MR) is 134 cm³/mol. The molecule has 1 fully saturated rings. The molecule has 1 rings (SSSR count). The summed E-state index contributed by atoms with van der Waals surface area (Å²) in [7, 11) is -2.36. The van der Waals surface area contributed by atoms with Gasteiger partial charge in [-0.3, -0.25) is 0 Å². The Bertz CT molecular complexity index is 341. The Morgan fingerprint density at radius 3 is 1.07 bits per heavy atom. The summed E-state index contributed by atoms with van der Waals surface area (Å²) in [6.07, 6.45) is 17.3. The lowest BCUT2D eigenvalue weighted by Gasteiger charge is -2.47. The summed E-state index contributed by atoms with van der Waals surface area (Å²) >= 11 is 0. The van der Waals surface area contributed by atoms with Crippen LogP contribution < -0.4 is 0 Å². The van der Waals surface area contributed by atoms with Crippen molar-refractivity contribution in [1.82, 2.24) is 9.13 Å². The summed E-state index contributed by atoms with van der Waals surface area (Å²) in [5, 5.41) is 0. The lowest BCUT2D eigenvalue weighted by Crippen LogP contribution is -2.62. The van der Waals surface area contributed by atoms with Crippen LogP contribution in [-0.2, 0) is 0 Å². The first-order chi connectivity index (χ1) is 13.3. The minimum Gasteiger partial charge on any atom is -0.321 e. The van der Waals surface area contributed by atoms with E-state index in [-0.39, 0.29) is 0 Å². The van der Waals surface area contributed by atoms with Crippen LogP contribution in [0, 0.1) is 0 Å². The molecule has 0 aromatic rings. The van der Waals surface area contributed by atoms with Crippen LogP contribution in [-0.4, -0.2) is 51.8 Å². The van der Waals surface area contributed by atoms with Gasteiger partial charge in [0.05, 0.1) is 0 Å². The molecule has 28 heavy (non-hydrogen) atoms. The van der Waals surface area contributed by atoms with E-state index in [1.807, 2.05) is 0 Å². The summed E-state index contributed by atoms with van der Waals surface area (Å²) < 4.78 is 5.87. The molecule has 0 spiro atoms. The van der Waals surface area contributed by atoms with Crippen molar-refractivity contribution in [3.63, 3.8) is 0 Å². The normalized spacial score (nSPS) is 17.4. The van der Waals surface area contributed by atoms with Crippen LogP contribution in [0.1, 0.15) is 90.9 Å². The van der Waals surface area contributed by atoms with E-state index in [2.05, 4.69) is 49.2 Å². The average molecular weight is 427 g/mol. The number of piperazine rings is 1. The van der Waals surface area contributed by atoms with Gasteiger partial charge in [-0.05, 0) is 12.1 Å². The standard InChI is InChI=1S/C24H54N2Si2/c1-7-9-11-13-15-17-23-27(3,4)25-19-21-26(22-20-25)28(5,6)24-18-16-14-12-10-8-2/h7-24H2,1-6H3. The highest BCUT2D eigenvalue weighted by Gasteiger charge is 2.36. The van der Waals surface area contributed by atoms with Gasteiger partial charge in [-0.2, -0.15) is 0 Å². The van der Waals surface area contributed by atoms with Crippen molar-refractivity contribution in [2.45, 2.75) is 129 Å². The van der Waals surface area contributed by atoms with E-state index in [0.717, 1.165) is 0 Å². The Morgan fingerprint density at radius 2 is 0.750 bits per heavy atom. The third kappa shape index (κ3) is 10.4. The quantitative estimate of drug-likeness (QED) is 0.184. The molecule has 168 valence electrons. The first-order valence-corrected chi connectivity index (χ1v) is 19.1. The van der Waals surface area contributed by atoms with Crippen molar-refractivity contribution >= 4 is 16.5 Å². The van der Waals surface area contributed by atoms with Crippen molar-refractivity contribution < 1.29 is 0 Å². The van der Waals surface area contributed by atoms with Crippen LogP contribution in [0.3, 0.4) is 0 Å². The molecule has 0 radical (unpaired) electrons. The van der Waals surface area contributed by atoms with Gasteiger partial charge in [0.2, 0.25) is 0 Å². The summed E-state index contributed by atoms with van der Waals surface area (Å²) in [5.74, 6) is 0. The minimum absolute atomic E-state index is 1.18. The van der Waals surface area contributed by atoms with E-state index in [0.29, 0.717) is 0 Å². The highest BCUT2D eigenvalue weighted by Crippen LogP contribution is 2.26. The average Bonchev–Trinajstić information content (AvgIpc) is 2.67. The molecule has 0 unspecified atom stereocenters. The smallest absolute Gasteiger partial charge is 0.122 e. The largest absolute Gasteiger partial charge is 0.321 e. The lowest BCUT2D eigenvalue weighted by atomic mass is 10.1. The maximum atomic E-state index is 2.94. The fourth-order valence-corrected chi connectivity index (χ4v) is 10.6. The number of rotatable bonds is 16. The lowest BCUT2D eigenvalue weighted by molar-refractivity contribution is 0.260. The zero-order chi connectivity index (χ0) is 20.9. The molecule has 0 aromatic heterocycles. The Labute approximate surface area is 181 Å². The van der Waals surface area contributed by atoms with Crippen molar-refractivity contribution in [3.05, 3.63) is 0 Å². The van der Waals surface area contributed by atoms with Crippen LogP contribution in [0.4, 0.5) is 0 Å². The van der Waals surface area contributed by atoms with Crippen LogP contribution in [0.15, 0.2) is 0 Å². The van der Waals surface area contributed by atoms with E-state index in [4.69, 9.17) is 0 Å². The molecule has 0 bridgehead atoms. The molecule has 0 atom stereocenters. The van der Waals surface area contributed by atoms with Crippen LogP contribution in [0.25, 0.3) is 0 Å². The molecular formula is C24H54N2Si2. The van der Waals surface area contributed by atoms with Crippen molar-refractivity contribution in [2.75, 3.05) is 26.2 Å². The predicted octanol–water partition coefficient (Wildman–Crippen LogP) is 7.74. The fourth-order valence-electron chi connectivity index (χ4n) is 4.91.